The van der Waals surface area contributed by atoms with Crippen molar-refractivity contribution in [3.05, 3.63) is 0 Å². The minimum Gasteiger partial charge on any atom is -0.480 e. The van der Waals surface area contributed by atoms with Crippen LogP contribution in [0.5, 0.6) is 0 Å². The Kier molecular flexibility index (Phi) is 12.8. The summed E-state index contributed by atoms with van der Waals surface area (Å²) in [6.07, 6.45) is 0.956. The van der Waals surface area contributed by atoms with Crippen molar-refractivity contribution in [1.29, 1.82) is 0 Å². The molecule has 11 N–H and O–H groups in total. The van der Waals surface area contributed by atoms with Gasteiger partial charge in [-0.25, -0.2) is 4.79 Å². The molecule has 0 aromatic rings. The van der Waals surface area contributed by atoms with E-state index in [4.69, 9.17) is 27.4 Å². The number of rotatable bonds is 14. The molecule has 0 saturated heterocycles. The molecule has 0 aromatic heterocycles. The Bertz CT molecular complexity index is 651. The molecule has 3 amide bonds. The van der Waals surface area contributed by atoms with Crippen LogP contribution in [0.15, 0.2) is 4.99 Å². The Morgan fingerprint density at radius 3 is 2.00 bits per heavy atom. The average Bonchev–Trinajstić information content (AvgIpc) is 2.66. The van der Waals surface area contributed by atoms with Crippen LogP contribution >= 0.6 is 0 Å². The Morgan fingerprint density at radius 2 is 1.52 bits per heavy atom. The average molecular weight is 446 g/mol. The van der Waals surface area contributed by atoms with Crippen LogP contribution in [-0.2, 0) is 19.2 Å². The van der Waals surface area contributed by atoms with Gasteiger partial charge in [0.1, 0.15) is 18.1 Å². The zero-order valence-corrected chi connectivity index (χ0v) is 18.1. The van der Waals surface area contributed by atoms with Gasteiger partial charge in [-0.1, -0.05) is 13.8 Å². The normalized spacial score (nSPS) is 14.6. The first-order valence-corrected chi connectivity index (χ1v) is 9.94. The summed E-state index contributed by atoms with van der Waals surface area (Å²) in [6.45, 7) is 4.57. The number of guanidine groups is 1. The van der Waals surface area contributed by atoms with Crippen molar-refractivity contribution in [3.8, 4) is 0 Å². The highest BCUT2D eigenvalue weighted by atomic mass is 16.4. The van der Waals surface area contributed by atoms with Crippen molar-refractivity contribution in [3.63, 3.8) is 0 Å². The maximum atomic E-state index is 12.7. The summed E-state index contributed by atoms with van der Waals surface area (Å²) in [6, 6.07) is -4.45. The number of amides is 3. The van der Waals surface area contributed by atoms with Gasteiger partial charge >= 0.3 is 5.97 Å². The fourth-order valence-corrected chi connectivity index (χ4v) is 2.53. The third-order valence-corrected chi connectivity index (χ3v) is 4.19. The zero-order valence-electron chi connectivity index (χ0n) is 18.1. The number of carbonyl (C=O) groups excluding carboxylic acids is 3. The van der Waals surface area contributed by atoms with Crippen molar-refractivity contribution in [1.82, 2.24) is 16.0 Å². The van der Waals surface area contributed by atoms with Gasteiger partial charge in [0, 0.05) is 6.54 Å². The number of aliphatic imine (C=N–C) groups is 1. The highest BCUT2D eigenvalue weighted by Gasteiger charge is 2.28. The Labute approximate surface area is 181 Å². The number of carboxylic acid groups (broad SMARTS) is 1. The van der Waals surface area contributed by atoms with Crippen molar-refractivity contribution in [2.75, 3.05) is 13.2 Å². The summed E-state index contributed by atoms with van der Waals surface area (Å²) in [5.41, 5.74) is 16.4. The predicted octanol–water partition coefficient (Wildman–Crippen LogP) is -3.04. The van der Waals surface area contributed by atoms with Gasteiger partial charge < -0.3 is 43.4 Å². The molecular formula is C18H35N7O6. The standard InChI is InChI=1S/C18H35N7O6/c1-9(2)7-11(19)15(28)24-12(5-4-6-22-18(20)21)16(29)23-10(3)14(27)25-13(8-26)17(30)31/h9-13,26H,4-8,19H2,1-3H3,(H,23,29)(H,24,28)(H,25,27)(H,30,31)(H4,20,21,22). The molecule has 13 heteroatoms. The van der Waals surface area contributed by atoms with Crippen LogP contribution in [0.2, 0.25) is 0 Å². The lowest BCUT2D eigenvalue weighted by Crippen LogP contribution is -2.56. The third kappa shape index (κ3) is 11.7. The van der Waals surface area contributed by atoms with E-state index in [1.165, 1.54) is 6.92 Å². The smallest absolute Gasteiger partial charge is 0.328 e. The molecule has 0 radical (unpaired) electrons. The fourth-order valence-electron chi connectivity index (χ4n) is 2.53. The number of hydrogen-bond donors (Lipinski definition) is 8. The fraction of sp³-hybridized carbons (Fsp3) is 0.722. The molecule has 4 atom stereocenters. The molecule has 13 nitrogen and oxygen atoms in total. The van der Waals surface area contributed by atoms with E-state index in [1.54, 1.807) is 0 Å². The van der Waals surface area contributed by atoms with Gasteiger partial charge in [-0.3, -0.25) is 19.4 Å². The van der Waals surface area contributed by atoms with Gasteiger partial charge in [0.25, 0.3) is 0 Å². The van der Waals surface area contributed by atoms with E-state index >= 15 is 0 Å². The molecule has 0 rings (SSSR count). The van der Waals surface area contributed by atoms with Crippen LogP contribution in [-0.4, -0.2) is 77.2 Å². The number of carboxylic acids is 1. The van der Waals surface area contributed by atoms with Crippen molar-refractivity contribution < 1.29 is 29.4 Å². The minimum absolute atomic E-state index is 0.105. The van der Waals surface area contributed by atoms with Crippen LogP contribution in [0.3, 0.4) is 0 Å². The highest BCUT2D eigenvalue weighted by Crippen LogP contribution is 2.05. The molecule has 0 saturated carbocycles. The van der Waals surface area contributed by atoms with E-state index in [-0.39, 0.29) is 24.8 Å². The Morgan fingerprint density at radius 1 is 0.935 bits per heavy atom. The molecule has 0 spiro atoms. The van der Waals surface area contributed by atoms with Crippen LogP contribution in [0.1, 0.15) is 40.0 Å². The SMILES string of the molecule is CC(C)CC(N)C(=O)NC(CCCN=C(N)N)C(=O)NC(C)C(=O)NC(CO)C(=O)O. The number of hydrogen-bond acceptors (Lipinski definition) is 7. The van der Waals surface area contributed by atoms with Gasteiger partial charge in [-0.2, -0.15) is 0 Å². The first kappa shape index (κ1) is 28.1. The van der Waals surface area contributed by atoms with Crippen LogP contribution in [0, 0.1) is 5.92 Å². The number of nitrogens with two attached hydrogens (primary N) is 3. The van der Waals surface area contributed by atoms with E-state index in [2.05, 4.69) is 20.9 Å². The summed E-state index contributed by atoms with van der Waals surface area (Å²) in [4.78, 5) is 51.9. The van der Waals surface area contributed by atoms with E-state index in [0.717, 1.165) is 0 Å². The highest BCUT2D eigenvalue weighted by molar-refractivity contribution is 5.93. The van der Waals surface area contributed by atoms with E-state index in [0.29, 0.717) is 12.8 Å². The van der Waals surface area contributed by atoms with Gasteiger partial charge in [0.15, 0.2) is 5.96 Å². The second-order valence-electron chi connectivity index (χ2n) is 7.56. The van der Waals surface area contributed by atoms with Gasteiger partial charge in [-0.05, 0) is 32.1 Å². The topological polar surface area (TPSA) is 235 Å². The van der Waals surface area contributed by atoms with Crippen LogP contribution in [0.25, 0.3) is 0 Å². The molecule has 0 aliphatic heterocycles. The molecule has 0 heterocycles. The van der Waals surface area contributed by atoms with Crippen molar-refractivity contribution in [2.45, 2.75) is 64.2 Å². The molecule has 4 unspecified atom stereocenters. The summed E-state index contributed by atoms with van der Waals surface area (Å²) < 4.78 is 0. The monoisotopic (exact) mass is 445 g/mol. The molecule has 0 aliphatic carbocycles. The van der Waals surface area contributed by atoms with Crippen molar-refractivity contribution in [2.24, 2.45) is 28.1 Å². The summed E-state index contributed by atoms with van der Waals surface area (Å²) in [5, 5.41) is 25.0. The number of carbonyl (C=O) groups is 4. The molecule has 0 aromatic carbocycles. The maximum absolute atomic E-state index is 12.7. The van der Waals surface area contributed by atoms with E-state index in [1.807, 2.05) is 13.8 Å². The summed E-state index contributed by atoms with van der Waals surface area (Å²) in [5.74, 6) is -3.33. The van der Waals surface area contributed by atoms with E-state index < -0.39 is 54.5 Å². The molecule has 0 aliphatic rings. The number of aliphatic hydroxyl groups excluding tert-OH is 1. The van der Waals surface area contributed by atoms with Gasteiger partial charge in [0.05, 0.1) is 12.6 Å². The first-order chi connectivity index (χ1) is 14.4. The quantitative estimate of drug-likeness (QED) is 0.0769. The number of nitrogens with one attached hydrogen (secondary N) is 3. The lowest BCUT2D eigenvalue weighted by atomic mass is 10.0. The second-order valence-corrected chi connectivity index (χ2v) is 7.56. The molecule has 0 bridgehead atoms. The largest absolute Gasteiger partial charge is 0.480 e. The molecule has 31 heavy (non-hydrogen) atoms. The van der Waals surface area contributed by atoms with Gasteiger partial charge in [0.2, 0.25) is 17.7 Å². The maximum Gasteiger partial charge on any atom is 0.328 e. The molecule has 178 valence electrons. The minimum atomic E-state index is -1.50. The number of aliphatic carboxylic acids is 1. The number of nitrogens with zero attached hydrogens (tertiary/aromatic N) is 1. The van der Waals surface area contributed by atoms with Crippen LogP contribution in [0.4, 0.5) is 0 Å². The Balaban J connectivity index is 5.11. The molecular weight excluding hydrogens is 410 g/mol. The van der Waals surface area contributed by atoms with E-state index in [9.17, 15) is 19.2 Å². The van der Waals surface area contributed by atoms with Gasteiger partial charge in [-0.15, -0.1) is 0 Å². The summed E-state index contributed by atoms with van der Waals surface area (Å²) >= 11 is 0. The number of aliphatic hydroxyl groups is 1. The van der Waals surface area contributed by atoms with Crippen LogP contribution < -0.4 is 33.2 Å². The summed E-state index contributed by atoms with van der Waals surface area (Å²) in [7, 11) is 0. The lowest BCUT2D eigenvalue weighted by Gasteiger charge is -2.23. The first-order valence-electron chi connectivity index (χ1n) is 9.94. The zero-order chi connectivity index (χ0) is 24.1. The predicted molar refractivity (Wildman–Crippen MR) is 114 cm³/mol. The lowest BCUT2D eigenvalue weighted by molar-refractivity contribution is -0.143. The molecule has 0 fully saturated rings. The van der Waals surface area contributed by atoms with Crippen molar-refractivity contribution >= 4 is 29.7 Å². The Hall–Kier alpha value is -2.93. The third-order valence-electron chi connectivity index (χ3n) is 4.19. The second kappa shape index (κ2) is 14.1.